The molecule has 1 aromatic heterocycles. The van der Waals surface area contributed by atoms with E-state index in [0.29, 0.717) is 11.3 Å². The lowest BCUT2D eigenvalue weighted by Gasteiger charge is -2.30. The molecular formula is C31H30N2O4. The Bertz CT molecular complexity index is 1480. The Labute approximate surface area is 216 Å². The first-order valence-electron chi connectivity index (χ1n) is 12.8. The fourth-order valence-electron chi connectivity index (χ4n) is 5.55. The second-order valence-corrected chi connectivity index (χ2v) is 9.95. The van der Waals surface area contributed by atoms with Crippen LogP contribution in [0.5, 0.6) is 11.5 Å². The van der Waals surface area contributed by atoms with Crippen LogP contribution in [-0.4, -0.2) is 41.7 Å². The van der Waals surface area contributed by atoms with Crippen LogP contribution >= 0.6 is 0 Å². The molecule has 1 saturated heterocycles. The minimum Gasteiger partial charge on any atom is -0.508 e. The lowest BCUT2D eigenvalue weighted by molar-refractivity contribution is 0.122. The Morgan fingerprint density at radius 1 is 0.892 bits per heavy atom. The van der Waals surface area contributed by atoms with Crippen LogP contribution in [0.1, 0.15) is 47.9 Å². The molecule has 3 aromatic carbocycles. The summed E-state index contributed by atoms with van der Waals surface area (Å²) in [6.45, 7) is 7.29. The summed E-state index contributed by atoms with van der Waals surface area (Å²) in [5, 5.41) is 25.2. The maximum atomic E-state index is 10.7. The van der Waals surface area contributed by atoms with E-state index < -0.39 is 0 Å². The maximum absolute atomic E-state index is 10.7. The summed E-state index contributed by atoms with van der Waals surface area (Å²) in [6, 6.07) is 18.0. The molecule has 6 rings (SSSR count). The Morgan fingerprint density at radius 3 is 2.49 bits per heavy atom. The van der Waals surface area contributed by atoms with Crippen molar-refractivity contribution in [1.29, 1.82) is 0 Å². The lowest BCUT2D eigenvalue weighted by Crippen LogP contribution is -2.36. The van der Waals surface area contributed by atoms with Gasteiger partial charge in [-0.05, 0) is 40.3 Å². The number of hydrogen-bond donors (Lipinski definition) is 2. The van der Waals surface area contributed by atoms with Gasteiger partial charge in [0.1, 0.15) is 11.5 Å². The van der Waals surface area contributed by atoms with Gasteiger partial charge < -0.3 is 24.4 Å². The monoisotopic (exact) mass is 494 g/mol. The van der Waals surface area contributed by atoms with Gasteiger partial charge in [0.25, 0.3) is 0 Å². The number of ether oxygens (including phenoxy) is 1. The first kappa shape index (κ1) is 23.4. The first-order chi connectivity index (χ1) is 18.0. The van der Waals surface area contributed by atoms with E-state index in [9.17, 15) is 10.2 Å². The smallest absolute Gasteiger partial charge is 0.178 e. The normalized spacial score (nSPS) is 16.9. The fraction of sp³-hybridized carbons (Fsp3) is 0.258. The van der Waals surface area contributed by atoms with Gasteiger partial charge in [-0.1, -0.05) is 67.6 Å². The number of benzene rings is 3. The molecule has 37 heavy (non-hydrogen) atoms. The predicted octanol–water partition coefficient (Wildman–Crippen LogP) is 6.54. The summed E-state index contributed by atoms with van der Waals surface area (Å²) in [4.78, 5) is 2.40. The summed E-state index contributed by atoms with van der Waals surface area (Å²) in [5.74, 6) is 0.671. The molecule has 1 aliphatic carbocycles. The molecule has 0 radical (unpaired) electrons. The summed E-state index contributed by atoms with van der Waals surface area (Å²) in [7, 11) is 0. The molecule has 1 fully saturated rings. The molecule has 6 heteroatoms. The lowest BCUT2D eigenvalue weighted by atomic mass is 9.86. The van der Waals surface area contributed by atoms with Crippen LogP contribution in [0, 0.1) is 0 Å². The van der Waals surface area contributed by atoms with Gasteiger partial charge in [-0.3, -0.25) is 0 Å². The quantitative estimate of drug-likeness (QED) is 0.328. The van der Waals surface area contributed by atoms with Gasteiger partial charge in [0.2, 0.25) is 0 Å². The molecule has 1 unspecified atom stereocenters. The molecule has 1 aliphatic heterocycles. The van der Waals surface area contributed by atoms with E-state index >= 15 is 0 Å². The number of nitrogens with zero attached hydrogens (tertiary/aromatic N) is 2. The van der Waals surface area contributed by atoms with Crippen molar-refractivity contribution in [1.82, 2.24) is 5.16 Å². The number of aromatic nitrogens is 1. The van der Waals surface area contributed by atoms with Gasteiger partial charge in [0, 0.05) is 41.9 Å². The number of phenolic OH excluding ortho intramolecular Hbond substituents is 2. The van der Waals surface area contributed by atoms with Crippen molar-refractivity contribution in [3.05, 3.63) is 89.1 Å². The van der Waals surface area contributed by atoms with Crippen LogP contribution < -0.4 is 4.90 Å². The third-order valence-electron chi connectivity index (χ3n) is 7.43. The number of hydrogen-bond acceptors (Lipinski definition) is 6. The van der Waals surface area contributed by atoms with E-state index in [-0.39, 0.29) is 23.3 Å². The van der Waals surface area contributed by atoms with E-state index in [0.717, 1.165) is 48.6 Å². The third kappa shape index (κ3) is 4.07. The highest BCUT2D eigenvalue weighted by atomic mass is 16.5. The molecule has 188 valence electrons. The Balaban J connectivity index is 1.43. The number of rotatable bonds is 5. The molecule has 2 heterocycles. The molecule has 2 N–H and O–H groups in total. The van der Waals surface area contributed by atoms with Crippen LogP contribution in [-0.2, 0) is 4.74 Å². The van der Waals surface area contributed by atoms with Gasteiger partial charge in [-0.15, -0.1) is 0 Å². The molecular weight excluding hydrogens is 464 g/mol. The molecule has 0 spiro atoms. The molecule has 1 atom stereocenters. The minimum absolute atomic E-state index is 0.0429. The van der Waals surface area contributed by atoms with Crippen LogP contribution in [0.25, 0.3) is 28.5 Å². The van der Waals surface area contributed by atoms with E-state index in [1.54, 1.807) is 12.3 Å². The zero-order valence-corrected chi connectivity index (χ0v) is 21.0. The van der Waals surface area contributed by atoms with Crippen LogP contribution in [0.2, 0.25) is 0 Å². The van der Waals surface area contributed by atoms with Gasteiger partial charge in [-0.2, -0.15) is 0 Å². The number of morpholine rings is 1. The van der Waals surface area contributed by atoms with Crippen LogP contribution in [0.4, 0.5) is 5.69 Å². The van der Waals surface area contributed by atoms with Crippen LogP contribution in [0.3, 0.4) is 0 Å². The predicted molar refractivity (Wildman–Crippen MR) is 145 cm³/mol. The van der Waals surface area contributed by atoms with Gasteiger partial charge in [0.05, 0.1) is 25.0 Å². The molecule has 0 bridgehead atoms. The average molecular weight is 495 g/mol. The zero-order chi connectivity index (χ0) is 25.5. The SMILES string of the molecule is CC(C)c1cc(-c2oncc2-c2ccccc2C2C=Cc3c2cccc3N2CCOCC2)c(O)cc1O. The highest BCUT2D eigenvalue weighted by molar-refractivity contribution is 5.86. The number of fused-ring (bicyclic) bond motifs is 1. The van der Waals surface area contributed by atoms with Crippen molar-refractivity contribution in [3.8, 4) is 33.9 Å². The minimum atomic E-state index is -0.0429. The maximum Gasteiger partial charge on any atom is 0.178 e. The fourth-order valence-corrected chi connectivity index (χ4v) is 5.55. The van der Waals surface area contributed by atoms with Crippen molar-refractivity contribution in [2.24, 2.45) is 0 Å². The Kier molecular flexibility index (Phi) is 5.97. The number of anilines is 1. The molecule has 0 amide bonds. The van der Waals surface area contributed by atoms with E-state index in [1.807, 2.05) is 19.9 Å². The molecule has 2 aliphatic rings. The number of phenols is 2. The molecule has 0 saturated carbocycles. The van der Waals surface area contributed by atoms with Crippen molar-refractivity contribution < 1.29 is 19.5 Å². The molecule has 4 aromatic rings. The van der Waals surface area contributed by atoms with E-state index in [2.05, 4.69) is 58.6 Å². The van der Waals surface area contributed by atoms with Crippen molar-refractivity contribution in [2.45, 2.75) is 25.7 Å². The van der Waals surface area contributed by atoms with E-state index in [1.165, 1.54) is 22.9 Å². The number of aromatic hydroxyl groups is 2. The average Bonchev–Trinajstić information content (AvgIpc) is 3.56. The summed E-state index contributed by atoms with van der Waals surface area (Å²) in [6.07, 6.45) is 6.20. The highest BCUT2D eigenvalue weighted by Crippen LogP contribution is 2.46. The van der Waals surface area contributed by atoms with Gasteiger partial charge in [-0.25, -0.2) is 0 Å². The Morgan fingerprint density at radius 2 is 1.68 bits per heavy atom. The zero-order valence-electron chi connectivity index (χ0n) is 21.0. The third-order valence-corrected chi connectivity index (χ3v) is 7.43. The van der Waals surface area contributed by atoms with E-state index in [4.69, 9.17) is 9.26 Å². The largest absolute Gasteiger partial charge is 0.508 e. The van der Waals surface area contributed by atoms with Crippen molar-refractivity contribution in [3.63, 3.8) is 0 Å². The second kappa shape index (κ2) is 9.45. The summed E-state index contributed by atoms with van der Waals surface area (Å²) in [5.41, 5.74) is 7.97. The number of allylic oxidation sites excluding steroid dienone is 1. The topological polar surface area (TPSA) is 79.0 Å². The standard InChI is InChI=1S/C31H30N2O4/c1-19(2)25-16-26(30(35)17-29(25)34)31-27(18-32-37-31)22-7-4-3-6-20(22)23-10-11-24-21(23)8-5-9-28(24)33-12-14-36-15-13-33/h3-11,16-19,23,34-35H,12-15H2,1-2H3. The summed E-state index contributed by atoms with van der Waals surface area (Å²) >= 11 is 0. The van der Waals surface area contributed by atoms with Crippen molar-refractivity contribution >= 4 is 11.8 Å². The van der Waals surface area contributed by atoms with Crippen molar-refractivity contribution in [2.75, 3.05) is 31.2 Å². The molecule has 6 nitrogen and oxygen atoms in total. The highest BCUT2D eigenvalue weighted by Gasteiger charge is 2.28. The second-order valence-electron chi connectivity index (χ2n) is 9.95. The first-order valence-corrected chi connectivity index (χ1v) is 12.8. The summed E-state index contributed by atoms with van der Waals surface area (Å²) < 4.78 is 11.3. The van der Waals surface area contributed by atoms with Crippen LogP contribution in [0.15, 0.2) is 71.4 Å². The van der Waals surface area contributed by atoms with Gasteiger partial charge in [0.15, 0.2) is 5.76 Å². The Hall–Kier alpha value is -4.03. The van der Waals surface area contributed by atoms with Gasteiger partial charge >= 0.3 is 0 Å².